The van der Waals surface area contributed by atoms with Crippen LogP contribution in [0.4, 0.5) is 0 Å². The largest absolute Gasteiger partial charge is 0.497 e. The normalized spacial score (nSPS) is 28.3. The van der Waals surface area contributed by atoms with Gasteiger partial charge in [-0.1, -0.05) is 38.1 Å². The number of rotatable bonds is 4. The van der Waals surface area contributed by atoms with Crippen LogP contribution < -0.4 is 4.74 Å². The van der Waals surface area contributed by atoms with Gasteiger partial charge in [-0.15, -0.1) is 0 Å². The maximum absolute atomic E-state index is 5.18. The summed E-state index contributed by atoms with van der Waals surface area (Å²) >= 11 is 0. The van der Waals surface area contributed by atoms with Gasteiger partial charge in [-0.25, -0.2) is 0 Å². The molecule has 1 heteroatoms. The van der Waals surface area contributed by atoms with Crippen LogP contribution in [0.1, 0.15) is 32.3 Å². The minimum atomic E-state index is 0.359. The van der Waals surface area contributed by atoms with Crippen LogP contribution in [0.2, 0.25) is 0 Å². The zero-order chi connectivity index (χ0) is 11.6. The van der Waals surface area contributed by atoms with Crippen molar-refractivity contribution in [2.75, 3.05) is 7.11 Å². The summed E-state index contributed by atoms with van der Waals surface area (Å²) in [6, 6.07) is 8.50. The van der Waals surface area contributed by atoms with Gasteiger partial charge in [0.1, 0.15) is 5.75 Å². The van der Waals surface area contributed by atoms with Crippen LogP contribution in [-0.4, -0.2) is 7.11 Å². The zero-order valence-electron chi connectivity index (χ0n) is 10.4. The van der Waals surface area contributed by atoms with Crippen LogP contribution in [-0.2, 0) is 5.41 Å². The van der Waals surface area contributed by atoms with Crippen LogP contribution in [0, 0.1) is 5.92 Å². The van der Waals surface area contributed by atoms with Crippen LogP contribution in [0.25, 0.3) is 0 Å². The smallest absolute Gasteiger partial charge is 0.118 e. The van der Waals surface area contributed by atoms with Crippen molar-refractivity contribution in [2.45, 2.75) is 32.1 Å². The maximum atomic E-state index is 5.18. The molecule has 1 saturated carbocycles. The molecule has 1 aliphatic carbocycles. The van der Waals surface area contributed by atoms with Crippen LogP contribution in [0.5, 0.6) is 5.75 Å². The molecule has 1 aromatic rings. The summed E-state index contributed by atoms with van der Waals surface area (Å²) in [7, 11) is 1.71. The van der Waals surface area contributed by atoms with E-state index in [2.05, 4.69) is 50.3 Å². The lowest BCUT2D eigenvalue weighted by Crippen LogP contribution is -2.03. The summed E-state index contributed by atoms with van der Waals surface area (Å²) in [6.45, 7) is 4.53. The Morgan fingerprint density at radius 3 is 2.62 bits per heavy atom. The molecule has 0 amide bonds. The number of methoxy groups -OCH3 is 1. The molecule has 1 fully saturated rings. The molecule has 1 aromatic carbocycles. The van der Waals surface area contributed by atoms with Gasteiger partial charge in [0.15, 0.2) is 0 Å². The molecule has 0 N–H and O–H groups in total. The van der Waals surface area contributed by atoms with Gasteiger partial charge in [0.25, 0.3) is 0 Å². The third-order valence-electron chi connectivity index (χ3n) is 3.66. The molecular formula is C15H20O. The number of allylic oxidation sites excluding steroid dienone is 2. The first-order valence-corrected chi connectivity index (χ1v) is 6.02. The highest BCUT2D eigenvalue weighted by Crippen LogP contribution is 2.54. The zero-order valence-corrected chi connectivity index (χ0v) is 10.4. The van der Waals surface area contributed by atoms with Crippen LogP contribution in [0.3, 0.4) is 0 Å². The van der Waals surface area contributed by atoms with Gasteiger partial charge in [0.2, 0.25) is 0 Å². The highest BCUT2D eigenvalue weighted by Gasteiger charge is 2.49. The lowest BCUT2D eigenvalue weighted by molar-refractivity contribution is 0.414. The predicted octanol–water partition coefficient (Wildman–Crippen LogP) is 3.94. The predicted molar refractivity (Wildman–Crippen MR) is 67.9 cm³/mol. The van der Waals surface area contributed by atoms with Crippen molar-refractivity contribution in [1.82, 2.24) is 0 Å². The highest BCUT2D eigenvalue weighted by molar-refractivity contribution is 5.38. The van der Waals surface area contributed by atoms with E-state index >= 15 is 0 Å². The van der Waals surface area contributed by atoms with E-state index in [4.69, 9.17) is 4.74 Å². The van der Waals surface area contributed by atoms with Gasteiger partial charge >= 0.3 is 0 Å². The van der Waals surface area contributed by atoms with E-state index in [0.29, 0.717) is 5.41 Å². The van der Waals surface area contributed by atoms with E-state index in [1.165, 1.54) is 12.0 Å². The molecular weight excluding hydrogens is 196 g/mol. The summed E-state index contributed by atoms with van der Waals surface area (Å²) in [5.74, 6) is 1.66. The van der Waals surface area contributed by atoms with E-state index < -0.39 is 0 Å². The third-order valence-corrected chi connectivity index (χ3v) is 3.66. The molecule has 0 spiro atoms. The Kier molecular flexibility index (Phi) is 3.04. The van der Waals surface area contributed by atoms with Crippen molar-refractivity contribution in [3.63, 3.8) is 0 Å². The molecule has 0 radical (unpaired) electrons. The van der Waals surface area contributed by atoms with E-state index in [9.17, 15) is 0 Å². The average molecular weight is 216 g/mol. The molecule has 0 unspecified atom stereocenters. The molecule has 16 heavy (non-hydrogen) atoms. The second-order valence-corrected chi connectivity index (χ2v) is 4.79. The SMILES string of the molecule is CC/C=C/[C@H]1C[C@]1(C)c1ccc(OC)cc1. The molecule has 2 atom stereocenters. The molecule has 0 aromatic heterocycles. The van der Waals surface area contributed by atoms with E-state index in [1.807, 2.05) is 0 Å². The molecule has 2 rings (SSSR count). The lowest BCUT2D eigenvalue weighted by Gasteiger charge is -2.11. The second kappa shape index (κ2) is 4.32. The van der Waals surface area contributed by atoms with Gasteiger partial charge < -0.3 is 4.74 Å². The minimum absolute atomic E-state index is 0.359. The molecule has 1 nitrogen and oxygen atoms in total. The average Bonchev–Trinajstić information content (AvgIpc) is 2.99. The van der Waals surface area contributed by atoms with Crippen molar-refractivity contribution in [3.8, 4) is 5.75 Å². The summed E-state index contributed by atoms with van der Waals surface area (Å²) in [4.78, 5) is 0. The molecule has 86 valence electrons. The van der Waals surface area contributed by atoms with E-state index in [1.54, 1.807) is 7.11 Å². The Balaban J connectivity index is 2.10. The van der Waals surface area contributed by atoms with E-state index in [-0.39, 0.29) is 0 Å². The molecule has 0 saturated heterocycles. The molecule has 0 heterocycles. The van der Waals surface area contributed by atoms with Crippen molar-refractivity contribution in [2.24, 2.45) is 5.92 Å². The summed E-state index contributed by atoms with van der Waals surface area (Å²) in [5, 5.41) is 0. The first kappa shape index (κ1) is 11.3. The number of benzene rings is 1. The lowest BCUT2D eigenvalue weighted by atomic mass is 9.95. The van der Waals surface area contributed by atoms with Crippen LogP contribution in [0.15, 0.2) is 36.4 Å². The standard InChI is InChI=1S/C15H20O/c1-4-5-6-13-11-15(13,2)12-7-9-14(16-3)10-8-12/h5-10,13H,4,11H2,1-3H3/b6-5+/t13-,15+/m0/s1. The quantitative estimate of drug-likeness (QED) is 0.693. The summed E-state index contributed by atoms with van der Waals surface area (Å²) in [5.41, 5.74) is 1.79. The number of ether oxygens (including phenoxy) is 1. The molecule has 0 bridgehead atoms. The Bertz CT molecular complexity index is 377. The first-order chi connectivity index (χ1) is 7.70. The topological polar surface area (TPSA) is 9.23 Å². The molecule has 1 aliphatic rings. The van der Waals surface area contributed by atoms with Gasteiger partial charge in [-0.05, 0) is 41.9 Å². The van der Waals surface area contributed by atoms with Gasteiger partial charge in [-0.3, -0.25) is 0 Å². The van der Waals surface area contributed by atoms with Crippen molar-refractivity contribution < 1.29 is 4.74 Å². The molecule has 0 aliphatic heterocycles. The van der Waals surface area contributed by atoms with Crippen molar-refractivity contribution in [3.05, 3.63) is 42.0 Å². The highest BCUT2D eigenvalue weighted by atomic mass is 16.5. The Morgan fingerprint density at radius 2 is 2.06 bits per heavy atom. The maximum Gasteiger partial charge on any atom is 0.118 e. The third kappa shape index (κ3) is 1.99. The van der Waals surface area contributed by atoms with Gasteiger partial charge in [-0.2, -0.15) is 0 Å². The van der Waals surface area contributed by atoms with Gasteiger partial charge in [0.05, 0.1) is 7.11 Å². The number of hydrogen-bond donors (Lipinski definition) is 0. The van der Waals surface area contributed by atoms with Crippen LogP contribution >= 0.6 is 0 Å². The second-order valence-electron chi connectivity index (χ2n) is 4.79. The van der Waals surface area contributed by atoms with Crippen molar-refractivity contribution in [1.29, 1.82) is 0 Å². The Hall–Kier alpha value is -1.24. The summed E-state index contributed by atoms with van der Waals surface area (Å²) < 4.78 is 5.18. The fourth-order valence-corrected chi connectivity index (χ4v) is 2.28. The first-order valence-electron chi connectivity index (χ1n) is 6.02. The number of hydrogen-bond acceptors (Lipinski definition) is 1. The summed E-state index contributed by atoms with van der Waals surface area (Å²) in [6.07, 6.45) is 7.05. The van der Waals surface area contributed by atoms with E-state index in [0.717, 1.165) is 18.1 Å². The van der Waals surface area contributed by atoms with Crippen molar-refractivity contribution >= 4 is 0 Å². The fourth-order valence-electron chi connectivity index (χ4n) is 2.28. The Labute approximate surface area is 98.1 Å². The minimum Gasteiger partial charge on any atom is -0.497 e. The van der Waals surface area contributed by atoms with Gasteiger partial charge in [0, 0.05) is 0 Å². The monoisotopic (exact) mass is 216 g/mol. The Morgan fingerprint density at radius 1 is 1.38 bits per heavy atom. The fraction of sp³-hybridized carbons (Fsp3) is 0.467.